The molecule has 0 amide bonds. The summed E-state index contributed by atoms with van der Waals surface area (Å²) in [6.45, 7) is 3.96. The Bertz CT molecular complexity index is 799. The maximum Gasteiger partial charge on any atom is 0.344 e. The Labute approximate surface area is 111 Å². The summed E-state index contributed by atoms with van der Waals surface area (Å²) in [5.41, 5.74) is 3.98. The number of benzene rings is 2. The molecule has 2 heteroatoms. The Morgan fingerprint density at radius 3 is 2.42 bits per heavy atom. The van der Waals surface area contributed by atoms with Gasteiger partial charge in [0.15, 0.2) is 0 Å². The van der Waals surface area contributed by atoms with Crippen LogP contribution >= 0.6 is 0 Å². The standard InChI is InChI=1S/C17H14O2/c1-11-8-9-14-12(2)16(13-6-4-3-5-7-13)17(18)19-15(14)10-11/h3-10H,1-2H3. The first-order valence-electron chi connectivity index (χ1n) is 6.26. The van der Waals surface area contributed by atoms with Gasteiger partial charge in [-0.3, -0.25) is 0 Å². The highest BCUT2D eigenvalue weighted by Gasteiger charge is 2.12. The highest BCUT2D eigenvalue weighted by Crippen LogP contribution is 2.26. The molecule has 1 heterocycles. The van der Waals surface area contributed by atoms with Gasteiger partial charge in [0.05, 0.1) is 5.56 Å². The largest absolute Gasteiger partial charge is 0.422 e. The topological polar surface area (TPSA) is 30.2 Å². The molecule has 0 N–H and O–H groups in total. The van der Waals surface area contributed by atoms with Gasteiger partial charge in [-0.25, -0.2) is 4.79 Å². The summed E-state index contributed by atoms with van der Waals surface area (Å²) >= 11 is 0. The van der Waals surface area contributed by atoms with Crippen molar-refractivity contribution in [2.45, 2.75) is 13.8 Å². The minimum atomic E-state index is -0.276. The van der Waals surface area contributed by atoms with Crippen LogP contribution in [0.15, 0.2) is 57.7 Å². The fraction of sp³-hybridized carbons (Fsp3) is 0.118. The Hall–Kier alpha value is -2.35. The third-order valence-electron chi connectivity index (χ3n) is 3.39. The van der Waals surface area contributed by atoms with E-state index in [1.54, 1.807) is 0 Å². The molecule has 0 fully saturated rings. The lowest BCUT2D eigenvalue weighted by Crippen LogP contribution is -2.05. The van der Waals surface area contributed by atoms with Gasteiger partial charge in [-0.15, -0.1) is 0 Å². The third kappa shape index (κ3) is 1.95. The average Bonchev–Trinajstić information content (AvgIpc) is 2.39. The van der Waals surface area contributed by atoms with E-state index in [-0.39, 0.29) is 5.63 Å². The lowest BCUT2D eigenvalue weighted by atomic mass is 9.99. The van der Waals surface area contributed by atoms with E-state index in [1.807, 2.05) is 62.4 Å². The quantitative estimate of drug-likeness (QED) is 0.609. The molecule has 3 aromatic rings. The minimum Gasteiger partial charge on any atom is -0.422 e. The van der Waals surface area contributed by atoms with Crippen molar-refractivity contribution in [2.75, 3.05) is 0 Å². The molecule has 0 atom stereocenters. The zero-order chi connectivity index (χ0) is 13.4. The van der Waals surface area contributed by atoms with Gasteiger partial charge in [-0.05, 0) is 36.6 Å². The van der Waals surface area contributed by atoms with Gasteiger partial charge in [0, 0.05) is 5.39 Å². The van der Waals surface area contributed by atoms with Crippen molar-refractivity contribution < 1.29 is 4.42 Å². The molecule has 0 spiro atoms. The van der Waals surface area contributed by atoms with Crippen LogP contribution in [0.2, 0.25) is 0 Å². The molecule has 0 saturated carbocycles. The van der Waals surface area contributed by atoms with Gasteiger partial charge in [-0.1, -0.05) is 42.5 Å². The van der Waals surface area contributed by atoms with Crippen LogP contribution in [0, 0.1) is 13.8 Å². The van der Waals surface area contributed by atoms with E-state index in [2.05, 4.69) is 0 Å². The van der Waals surface area contributed by atoms with Gasteiger partial charge in [0.2, 0.25) is 0 Å². The molecule has 2 nitrogen and oxygen atoms in total. The van der Waals surface area contributed by atoms with Crippen LogP contribution < -0.4 is 5.63 Å². The van der Waals surface area contributed by atoms with Crippen LogP contribution in [-0.2, 0) is 0 Å². The second-order valence-electron chi connectivity index (χ2n) is 4.76. The van der Waals surface area contributed by atoms with Crippen molar-refractivity contribution in [3.8, 4) is 11.1 Å². The third-order valence-corrected chi connectivity index (χ3v) is 3.39. The van der Waals surface area contributed by atoms with E-state index in [9.17, 15) is 4.79 Å². The molecule has 0 aliphatic rings. The fourth-order valence-corrected chi connectivity index (χ4v) is 2.40. The summed E-state index contributed by atoms with van der Waals surface area (Å²) in [5.74, 6) is 0. The molecule has 0 bridgehead atoms. The van der Waals surface area contributed by atoms with Crippen LogP contribution in [0.4, 0.5) is 0 Å². The molecule has 19 heavy (non-hydrogen) atoms. The molecule has 0 aliphatic carbocycles. The first-order valence-corrected chi connectivity index (χ1v) is 6.26. The van der Waals surface area contributed by atoms with E-state index in [0.29, 0.717) is 11.1 Å². The average molecular weight is 250 g/mol. The van der Waals surface area contributed by atoms with Gasteiger partial charge in [0.25, 0.3) is 0 Å². The molecular formula is C17H14O2. The second-order valence-corrected chi connectivity index (χ2v) is 4.76. The maximum atomic E-state index is 12.2. The summed E-state index contributed by atoms with van der Waals surface area (Å²) in [4.78, 5) is 12.2. The Morgan fingerprint density at radius 1 is 0.947 bits per heavy atom. The fourth-order valence-electron chi connectivity index (χ4n) is 2.40. The molecular weight excluding hydrogens is 236 g/mol. The van der Waals surface area contributed by atoms with Crippen molar-refractivity contribution >= 4 is 11.0 Å². The zero-order valence-electron chi connectivity index (χ0n) is 10.9. The van der Waals surface area contributed by atoms with E-state index in [1.165, 1.54) is 0 Å². The highest BCUT2D eigenvalue weighted by atomic mass is 16.4. The molecule has 0 unspecified atom stereocenters. The molecule has 0 radical (unpaired) electrons. The van der Waals surface area contributed by atoms with E-state index >= 15 is 0 Å². The van der Waals surface area contributed by atoms with E-state index < -0.39 is 0 Å². The SMILES string of the molecule is Cc1ccc2c(C)c(-c3ccccc3)c(=O)oc2c1. The van der Waals surface area contributed by atoms with Gasteiger partial charge >= 0.3 is 5.63 Å². The van der Waals surface area contributed by atoms with Crippen molar-refractivity contribution in [3.63, 3.8) is 0 Å². The predicted molar refractivity (Wildman–Crippen MR) is 77.4 cm³/mol. The summed E-state index contributed by atoms with van der Waals surface area (Å²) in [5, 5.41) is 0.990. The molecule has 2 aromatic carbocycles. The van der Waals surface area contributed by atoms with E-state index in [0.717, 1.165) is 22.1 Å². The zero-order valence-corrected chi connectivity index (χ0v) is 10.9. The lowest BCUT2D eigenvalue weighted by Gasteiger charge is -2.08. The summed E-state index contributed by atoms with van der Waals surface area (Å²) in [7, 11) is 0. The smallest absolute Gasteiger partial charge is 0.344 e. The molecule has 1 aromatic heterocycles. The minimum absolute atomic E-state index is 0.276. The Morgan fingerprint density at radius 2 is 1.68 bits per heavy atom. The molecule has 3 rings (SSSR count). The lowest BCUT2D eigenvalue weighted by molar-refractivity contribution is 0.562. The maximum absolute atomic E-state index is 12.2. The number of fused-ring (bicyclic) bond motifs is 1. The monoisotopic (exact) mass is 250 g/mol. The van der Waals surface area contributed by atoms with Crippen LogP contribution in [0.1, 0.15) is 11.1 Å². The van der Waals surface area contributed by atoms with Gasteiger partial charge in [-0.2, -0.15) is 0 Å². The number of aryl methyl sites for hydroxylation is 2. The summed E-state index contributed by atoms with van der Waals surface area (Å²) < 4.78 is 5.45. The van der Waals surface area contributed by atoms with Crippen molar-refractivity contribution in [1.29, 1.82) is 0 Å². The Balaban J connectivity index is 2.39. The van der Waals surface area contributed by atoms with Crippen LogP contribution in [0.25, 0.3) is 22.1 Å². The summed E-state index contributed by atoms with van der Waals surface area (Å²) in [6.07, 6.45) is 0. The first-order chi connectivity index (χ1) is 9.16. The normalized spacial score (nSPS) is 10.8. The van der Waals surface area contributed by atoms with Crippen molar-refractivity contribution in [3.05, 3.63) is 70.1 Å². The van der Waals surface area contributed by atoms with Gasteiger partial charge < -0.3 is 4.42 Å². The number of rotatable bonds is 1. The first kappa shape index (κ1) is 11.7. The molecule has 0 aliphatic heterocycles. The predicted octanol–water partition coefficient (Wildman–Crippen LogP) is 4.08. The number of hydrogen-bond donors (Lipinski definition) is 0. The Kier molecular flexibility index (Phi) is 2.71. The van der Waals surface area contributed by atoms with E-state index in [4.69, 9.17) is 4.42 Å². The van der Waals surface area contributed by atoms with Crippen LogP contribution in [-0.4, -0.2) is 0 Å². The second kappa shape index (κ2) is 4.39. The highest BCUT2D eigenvalue weighted by molar-refractivity contribution is 5.86. The summed E-state index contributed by atoms with van der Waals surface area (Å²) in [6, 6.07) is 15.6. The van der Waals surface area contributed by atoms with Crippen LogP contribution in [0.3, 0.4) is 0 Å². The van der Waals surface area contributed by atoms with Gasteiger partial charge in [0.1, 0.15) is 5.58 Å². The molecule has 0 saturated heterocycles. The van der Waals surface area contributed by atoms with Crippen molar-refractivity contribution in [1.82, 2.24) is 0 Å². The van der Waals surface area contributed by atoms with Crippen LogP contribution in [0.5, 0.6) is 0 Å². The van der Waals surface area contributed by atoms with Crippen molar-refractivity contribution in [2.24, 2.45) is 0 Å². The number of hydrogen-bond acceptors (Lipinski definition) is 2. The molecule has 94 valence electrons.